The maximum atomic E-state index is 13.6. The molecule has 6 aromatic carbocycles. The van der Waals surface area contributed by atoms with Crippen LogP contribution in [0.3, 0.4) is 0 Å². The number of benzene rings is 6. The molecule has 5 nitrogen and oxygen atoms in total. The summed E-state index contributed by atoms with van der Waals surface area (Å²) < 4.78 is 3.35. The molecule has 0 atom stereocenters. The minimum atomic E-state index is -0.128. The molecule has 0 spiro atoms. The molecule has 0 amide bonds. The van der Waals surface area contributed by atoms with Crippen LogP contribution in [-0.4, -0.2) is 9.13 Å². The molecule has 0 aliphatic carbocycles. The van der Waals surface area contributed by atoms with E-state index in [0.29, 0.717) is 0 Å². The highest BCUT2D eigenvalue weighted by Crippen LogP contribution is 2.36. The summed E-state index contributed by atoms with van der Waals surface area (Å²) in [5.74, 6) is 0. The lowest BCUT2D eigenvalue weighted by Gasteiger charge is -2.26. The number of imidazole rings is 1. The fourth-order valence-corrected chi connectivity index (χ4v) is 5.69. The summed E-state index contributed by atoms with van der Waals surface area (Å²) in [5.41, 5.74) is 8.98. The molecule has 0 aliphatic rings. The van der Waals surface area contributed by atoms with Crippen LogP contribution in [0.1, 0.15) is 5.56 Å². The van der Waals surface area contributed by atoms with Crippen LogP contribution in [0.4, 0.5) is 34.1 Å². The topological polar surface area (TPSA) is 33.4 Å². The summed E-state index contributed by atoms with van der Waals surface area (Å²) >= 11 is 0. The minimum Gasteiger partial charge on any atom is -0.311 e. The first-order valence-electron chi connectivity index (χ1n) is 15.0. The Hall–Kier alpha value is -6.07. The third-order valence-electron chi connectivity index (χ3n) is 7.85. The van der Waals surface area contributed by atoms with Gasteiger partial charge >= 0.3 is 5.69 Å². The highest BCUT2D eigenvalue weighted by molar-refractivity contribution is 5.78. The summed E-state index contributed by atoms with van der Waals surface area (Å²) in [4.78, 5) is 18.1. The number of aromatic nitrogens is 2. The quantitative estimate of drug-likeness (QED) is 0.178. The molecule has 1 heterocycles. The first-order chi connectivity index (χ1) is 22.2. The smallest absolute Gasteiger partial charge is 0.311 e. The van der Waals surface area contributed by atoms with E-state index in [-0.39, 0.29) is 5.69 Å². The highest BCUT2D eigenvalue weighted by Gasteiger charge is 2.15. The molecular weight excluding hydrogens is 552 g/mol. The second-order valence-electron chi connectivity index (χ2n) is 10.9. The lowest BCUT2D eigenvalue weighted by molar-refractivity contribution is 0.909. The van der Waals surface area contributed by atoms with Crippen LogP contribution < -0.4 is 15.5 Å². The second kappa shape index (κ2) is 12.3. The highest BCUT2D eigenvalue weighted by atomic mass is 16.1. The molecule has 0 saturated heterocycles. The van der Waals surface area contributed by atoms with Gasteiger partial charge in [0.25, 0.3) is 0 Å². The van der Waals surface area contributed by atoms with Crippen molar-refractivity contribution in [2.24, 2.45) is 0 Å². The van der Waals surface area contributed by atoms with Crippen molar-refractivity contribution in [3.63, 3.8) is 0 Å². The Morgan fingerprint density at radius 2 is 0.756 bits per heavy atom. The average molecular weight is 585 g/mol. The van der Waals surface area contributed by atoms with E-state index in [1.54, 1.807) is 9.13 Å². The zero-order valence-electron chi connectivity index (χ0n) is 24.9. The van der Waals surface area contributed by atoms with E-state index >= 15 is 0 Å². The molecule has 7 aromatic rings. The van der Waals surface area contributed by atoms with Crippen LogP contribution in [0.15, 0.2) is 181 Å². The number of para-hydroxylation sites is 3. The predicted molar refractivity (Wildman–Crippen MR) is 185 cm³/mol. The van der Waals surface area contributed by atoms with E-state index in [1.165, 1.54) is 5.56 Å². The normalized spacial score (nSPS) is 10.9. The Kier molecular flexibility index (Phi) is 7.57. The van der Waals surface area contributed by atoms with E-state index in [4.69, 9.17) is 0 Å². The number of hydrogen-bond donors (Lipinski definition) is 0. The fraction of sp³-hybridized carbons (Fsp3) is 0.0250. The molecule has 0 bridgehead atoms. The van der Waals surface area contributed by atoms with Gasteiger partial charge in [-0.1, -0.05) is 66.7 Å². The van der Waals surface area contributed by atoms with Crippen molar-refractivity contribution in [1.29, 1.82) is 0 Å². The zero-order chi connectivity index (χ0) is 30.6. The lowest BCUT2D eigenvalue weighted by Crippen LogP contribution is -2.21. The molecule has 0 fully saturated rings. The number of nitrogens with zero attached hydrogens (tertiary/aromatic N) is 4. The second-order valence-corrected chi connectivity index (χ2v) is 10.9. The summed E-state index contributed by atoms with van der Waals surface area (Å²) in [6, 6.07) is 55.5. The van der Waals surface area contributed by atoms with Crippen LogP contribution in [0.2, 0.25) is 0 Å². The molecule has 7 rings (SSSR count). The van der Waals surface area contributed by atoms with Crippen molar-refractivity contribution in [2.45, 2.75) is 6.92 Å². The number of rotatable bonds is 8. The molecule has 45 heavy (non-hydrogen) atoms. The van der Waals surface area contributed by atoms with Gasteiger partial charge in [-0.15, -0.1) is 0 Å². The van der Waals surface area contributed by atoms with Gasteiger partial charge in [0.1, 0.15) is 0 Å². The maximum Gasteiger partial charge on any atom is 0.337 e. The van der Waals surface area contributed by atoms with E-state index < -0.39 is 0 Å². The van der Waals surface area contributed by atoms with Crippen LogP contribution in [0.5, 0.6) is 0 Å². The van der Waals surface area contributed by atoms with Crippen LogP contribution in [-0.2, 0) is 0 Å². The molecule has 218 valence electrons. The molecule has 1 aromatic heterocycles. The van der Waals surface area contributed by atoms with E-state index in [0.717, 1.165) is 45.5 Å². The Morgan fingerprint density at radius 1 is 0.400 bits per heavy atom. The number of anilines is 6. The Balaban J connectivity index is 1.18. The molecule has 0 unspecified atom stereocenters. The molecule has 0 radical (unpaired) electrons. The summed E-state index contributed by atoms with van der Waals surface area (Å²) in [5, 5.41) is 0. The summed E-state index contributed by atoms with van der Waals surface area (Å²) in [6.07, 6.45) is 3.64. The Morgan fingerprint density at radius 3 is 1.16 bits per heavy atom. The van der Waals surface area contributed by atoms with Gasteiger partial charge in [-0.2, -0.15) is 0 Å². The van der Waals surface area contributed by atoms with Gasteiger partial charge < -0.3 is 9.80 Å². The van der Waals surface area contributed by atoms with Crippen LogP contribution in [0, 0.1) is 6.92 Å². The molecule has 0 N–H and O–H groups in total. The SMILES string of the molecule is Cc1cccc(N(c2ccccc2)c2ccc(-n3ccn(-c4ccc(N(c5ccccc5)c5ccccc5)cc4)c3=O)cc2)c1. The van der Waals surface area contributed by atoms with E-state index in [9.17, 15) is 4.79 Å². The van der Waals surface area contributed by atoms with Crippen molar-refractivity contribution in [3.8, 4) is 11.4 Å². The number of aryl methyl sites for hydroxylation is 1. The Labute approximate surface area is 263 Å². The van der Waals surface area contributed by atoms with Gasteiger partial charge in [0.2, 0.25) is 0 Å². The van der Waals surface area contributed by atoms with E-state index in [1.807, 2.05) is 91.3 Å². The molecular formula is C40H32N4O. The van der Waals surface area contributed by atoms with Crippen molar-refractivity contribution >= 4 is 34.1 Å². The predicted octanol–water partition coefficient (Wildman–Crippen LogP) is 9.88. The van der Waals surface area contributed by atoms with Gasteiger partial charge in [-0.05, 0) is 110 Å². The summed E-state index contributed by atoms with van der Waals surface area (Å²) in [7, 11) is 0. The minimum absolute atomic E-state index is 0.128. The molecule has 0 saturated carbocycles. The van der Waals surface area contributed by atoms with Gasteiger partial charge in [0, 0.05) is 46.5 Å². The van der Waals surface area contributed by atoms with Crippen molar-refractivity contribution < 1.29 is 0 Å². The van der Waals surface area contributed by atoms with Gasteiger partial charge in [-0.25, -0.2) is 4.79 Å². The van der Waals surface area contributed by atoms with Crippen molar-refractivity contribution in [1.82, 2.24) is 9.13 Å². The van der Waals surface area contributed by atoms with Crippen LogP contribution in [0.25, 0.3) is 11.4 Å². The first kappa shape index (κ1) is 27.7. The zero-order valence-corrected chi connectivity index (χ0v) is 24.9. The monoisotopic (exact) mass is 584 g/mol. The van der Waals surface area contributed by atoms with Gasteiger partial charge in [0.05, 0.1) is 11.4 Å². The average Bonchev–Trinajstić information content (AvgIpc) is 3.48. The van der Waals surface area contributed by atoms with Crippen molar-refractivity contribution in [2.75, 3.05) is 9.80 Å². The number of hydrogen-bond acceptors (Lipinski definition) is 3. The molecule has 0 aliphatic heterocycles. The first-order valence-corrected chi connectivity index (χ1v) is 15.0. The third-order valence-corrected chi connectivity index (χ3v) is 7.85. The molecule has 5 heteroatoms. The Bertz CT molecular complexity index is 2030. The largest absolute Gasteiger partial charge is 0.337 e. The summed E-state index contributed by atoms with van der Waals surface area (Å²) in [6.45, 7) is 2.10. The third kappa shape index (κ3) is 5.67. The van der Waals surface area contributed by atoms with Gasteiger partial charge in [-0.3, -0.25) is 9.13 Å². The lowest BCUT2D eigenvalue weighted by atomic mass is 10.1. The fourth-order valence-electron chi connectivity index (χ4n) is 5.69. The maximum absolute atomic E-state index is 13.6. The van der Waals surface area contributed by atoms with Gasteiger partial charge in [0.15, 0.2) is 0 Å². The van der Waals surface area contributed by atoms with E-state index in [2.05, 4.69) is 102 Å². The van der Waals surface area contributed by atoms with Crippen LogP contribution >= 0.6 is 0 Å². The van der Waals surface area contributed by atoms with Crippen molar-refractivity contribution in [3.05, 3.63) is 192 Å². The standard InChI is InChI=1S/C40H32N4O/c1-31-12-11-19-39(30-31)44(36-17-9-4-10-18-36)38-26-22-33(23-27-38)42-29-28-41(40(42)45)32-20-24-37(25-21-32)43(34-13-5-2-6-14-34)35-15-7-3-8-16-35/h2-30H,1H3.